The van der Waals surface area contributed by atoms with Crippen LogP contribution in [-0.2, 0) is 4.74 Å². The second-order valence-electron chi connectivity index (χ2n) is 4.14. The lowest BCUT2D eigenvalue weighted by Gasteiger charge is -2.28. The quantitative estimate of drug-likeness (QED) is 0.596. The van der Waals surface area contributed by atoms with Crippen LogP contribution in [0.15, 0.2) is 24.3 Å². The van der Waals surface area contributed by atoms with E-state index in [1.807, 2.05) is 19.9 Å². The number of methoxy groups -OCH3 is 1. The Morgan fingerprint density at radius 1 is 1.38 bits per heavy atom. The Hall–Kier alpha value is -0.970. The van der Waals surface area contributed by atoms with Gasteiger partial charge in [0.1, 0.15) is 5.82 Å². The molecule has 0 aliphatic rings. The molecule has 0 fully saturated rings. The van der Waals surface area contributed by atoms with Crippen molar-refractivity contribution in [2.45, 2.75) is 26.0 Å². The minimum Gasteiger partial charge on any atom is -0.379 e. The molecule has 0 spiro atoms. The second-order valence-corrected chi connectivity index (χ2v) is 4.14. The van der Waals surface area contributed by atoms with Crippen molar-refractivity contribution >= 4 is 0 Å². The maximum Gasteiger partial charge on any atom is 0.123 e. The fourth-order valence-electron chi connectivity index (χ4n) is 1.87. The fraction of sp³-hybridized carbons (Fsp3) is 0.500. The molecule has 0 aliphatic carbocycles. The van der Waals surface area contributed by atoms with Gasteiger partial charge in [0.25, 0.3) is 0 Å². The van der Waals surface area contributed by atoms with Gasteiger partial charge in [-0.2, -0.15) is 0 Å². The lowest BCUT2D eigenvalue weighted by Crippen LogP contribution is -2.40. The van der Waals surface area contributed by atoms with Crippen molar-refractivity contribution in [1.82, 2.24) is 5.43 Å². The van der Waals surface area contributed by atoms with Gasteiger partial charge in [-0.15, -0.1) is 0 Å². The molecule has 3 nitrogen and oxygen atoms in total. The van der Waals surface area contributed by atoms with Gasteiger partial charge in [-0.05, 0) is 23.6 Å². The van der Waals surface area contributed by atoms with Crippen LogP contribution in [0.3, 0.4) is 0 Å². The lowest BCUT2D eigenvalue weighted by molar-refractivity contribution is 0.0325. The molecule has 4 heteroatoms. The number of hydrogen-bond donors (Lipinski definition) is 2. The molecule has 2 atom stereocenters. The molecule has 1 rings (SSSR count). The monoisotopic (exact) mass is 226 g/mol. The molecular weight excluding hydrogens is 207 g/mol. The normalized spacial score (nSPS) is 15.1. The Morgan fingerprint density at radius 2 is 2.06 bits per heavy atom. The average molecular weight is 226 g/mol. The molecule has 0 aromatic heterocycles. The van der Waals surface area contributed by atoms with Gasteiger partial charge in [-0.3, -0.25) is 11.3 Å². The first-order valence-corrected chi connectivity index (χ1v) is 5.34. The second kappa shape index (κ2) is 5.94. The Bertz CT molecular complexity index is 331. The minimum atomic E-state index is -0.267. The number of hydrogen-bond acceptors (Lipinski definition) is 3. The first kappa shape index (κ1) is 13.1. The van der Waals surface area contributed by atoms with Crippen LogP contribution in [0.1, 0.15) is 25.5 Å². The molecule has 2 unspecified atom stereocenters. The van der Waals surface area contributed by atoms with Gasteiger partial charge >= 0.3 is 0 Å². The maximum absolute atomic E-state index is 13.1. The van der Waals surface area contributed by atoms with Crippen molar-refractivity contribution in [3.05, 3.63) is 35.6 Å². The van der Waals surface area contributed by atoms with Crippen molar-refractivity contribution in [1.29, 1.82) is 0 Å². The van der Waals surface area contributed by atoms with Gasteiger partial charge in [-0.1, -0.05) is 26.0 Å². The predicted octanol–water partition coefficient (Wildman–Crippen LogP) is 2.00. The van der Waals surface area contributed by atoms with E-state index in [-0.39, 0.29) is 23.9 Å². The summed E-state index contributed by atoms with van der Waals surface area (Å²) in [5.74, 6) is 5.54. The number of nitrogens with two attached hydrogens (primary N) is 1. The number of halogens is 1. The Morgan fingerprint density at radius 3 is 2.50 bits per heavy atom. The van der Waals surface area contributed by atoms with E-state index in [9.17, 15) is 4.39 Å². The highest BCUT2D eigenvalue weighted by Crippen LogP contribution is 2.24. The molecule has 16 heavy (non-hydrogen) atoms. The standard InChI is InChI=1S/C12H19FN2O/c1-8(2)12(16-3)11(15-14)9-5-4-6-10(13)7-9/h4-8,11-12,15H,14H2,1-3H3. The Labute approximate surface area is 95.8 Å². The molecule has 1 aromatic carbocycles. The number of ether oxygens (including phenoxy) is 1. The van der Waals surface area contributed by atoms with Crippen molar-refractivity contribution in [2.75, 3.05) is 7.11 Å². The Balaban J connectivity index is 2.96. The van der Waals surface area contributed by atoms with Gasteiger partial charge in [0.05, 0.1) is 12.1 Å². The zero-order valence-corrected chi connectivity index (χ0v) is 9.91. The molecule has 0 radical (unpaired) electrons. The highest BCUT2D eigenvalue weighted by molar-refractivity contribution is 5.21. The van der Waals surface area contributed by atoms with Crippen LogP contribution in [0.25, 0.3) is 0 Å². The largest absolute Gasteiger partial charge is 0.379 e. The highest BCUT2D eigenvalue weighted by atomic mass is 19.1. The summed E-state index contributed by atoms with van der Waals surface area (Å²) in [6, 6.07) is 6.18. The first-order valence-electron chi connectivity index (χ1n) is 5.34. The van der Waals surface area contributed by atoms with Crippen LogP contribution < -0.4 is 11.3 Å². The summed E-state index contributed by atoms with van der Waals surface area (Å²) in [5.41, 5.74) is 3.48. The van der Waals surface area contributed by atoms with Crippen LogP contribution in [0.4, 0.5) is 4.39 Å². The van der Waals surface area contributed by atoms with Crippen LogP contribution >= 0.6 is 0 Å². The van der Waals surface area contributed by atoms with E-state index in [1.54, 1.807) is 13.2 Å². The first-order chi connectivity index (χ1) is 7.60. The SMILES string of the molecule is COC(C(C)C)C(NN)c1cccc(F)c1. The van der Waals surface area contributed by atoms with E-state index in [0.29, 0.717) is 0 Å². The van der Waals surface area contributed by atoms with Gasteiger partial charge in [-0.25, -0.2) is 4.39 Å². The number of rotatable bonds is 5. The van der Waals surface area contributed by atoms with Crippen molar-refractivity contribution < 1.29 is 9.13 Å². The zero-order chi connectivity index (χ0) is 12.1. The number of benzene rings is 1. The average Bonchev–Trinajstić information content (AvgIpc) is 2.25. The van der Waals surface area contributed by atoms with Crippen molar-refractivity contribution in [3.8, 4) is 0 Å². The van der Waals surface area contributed by atoms with Crippen LogP contribution in [0.2, 0.25) is 0 Å². The predicted molar refractivity (Wildman–Crippen MR) is 62.1 cm³/mol. The summed E-state index contributed by atoms with van der Waals surface area (Å²) in [4.78, 5) is 0. The molecule has 90 valence electrons. The van der Waals surface area contributed by atoms with E-state index in [4.69, 9.17) is 10.6 Å². The third kappa shape index (κ3) is 3.01. The molecule has 3 N–H and O–H groups in total. The smallest absolute Gasteiger partial charge is 0.123 e. The van der Waals surface area contributed by atoms with Crippen LogP contribution in [0.5, 0.6) is 0 Å². The molecule has 0 saturated heterocycles. The summed E-state index contributed by atoms with van der Waals surface area (Å²) < 4.78 is 18.5. The lowest BCUT2D eigenvalue weighted by atomic mass is 9.94. The van der Waals surface area contributed by atoms with E-state index in [0.717, 1.165) is 5.56 Å². The summed E-state index contributed by atoms with van der Waals surface area (Å²) in [7, 11) is 1.63. The summed E-state index contributed by atoms with van der Waals surface area (Å²) >= 11 is 0. The maximum atomic E-state index is 13.1. The highest BCUT2D eigenvalue weighted by Gasteiger charge is 2.25. The molecular formula is C12H19FN2O. The molecule has 1 aromatic rings. The van der Waals surface area contributed by atoms with Gasteiger partial charge in [0.15, 0.2) is 0 Å². The van der Waals surface area contributed by atoms with Crippen molar-refractivity contribution in [2.24, 2.45) is 11.8 Å². The third-order valence-corrected chi connectivity index (χ3v) is 2.65. The number of hydrazine groups is 1. The third-order valence-electron chi connectivity index (χ3n) is 2.65. The van der Waals surface area contributed by atoms with Crippen molar-refractivity contribution in [3.63, 3.8) is 0 Å². The van der Waals surface area contributed by atoms with Gasteiger partial charge < -0.3 is 4.74 Å². The fourth-order valence-corrected chi connectivity index (χ4v) is 1.87. The van der Waals surface area contributed by atoms with Crippen LogP contribution in [0, 0.1) is 11.7 Å². The van der Waals surface area contributed by atoms with Crippen LogP contribution in [-0.4, -0.2) is 13.2 Å². The summed E-state index contributed by atoms with van der Waals surface area (Å²) in [6.45, 7) is 4.08. The Kier molecular flexibility index (Phi) is 4.86. The summed E-state index contributed by atoms with van der Waals surface area (Å²) in [6.07, 6.45) is -0.0909. The molecule has 0 saturated carbocycles. The van der Waals surface area contributed by atoms with Gasteiger partial charge in [0, 0.05) is 7.11 Å². The van der Waals surface area contributed by atoms with Gasteiger partial charge in [0.2, 0.25) is 0 Å². The minimum absolute atomic E-state index is 0.0909. The zero-order valence-electron chi connectivity index (χ0n) is 9.91. The van der Waals surface area contributed by atoms with E-state index in [2.05, 4.69) is 5.43 Å². The molecule has 0 bridgehead atoms. The van der Waals surface area contributed by atoms with E-state index in [1.165, 1.54) is 12.1 Å². The molecule has 0 aliphatic heterocycles. The van der Waals surface area contributed by atoms with E-state index < -0.39 is 0 Å². The topological polar surface area (TPSA) is 47.3 Å². The number of nitrogens with one attached hydrogen (secondary N) is 1. The molecule has 0 amide bonds. The van der Waals surface area contributed by atoms with E-state index >= 15 is 0 Å². The summed E-state index contributed by atoms with van der Waals surface area (Å²) in [5, 5.41) is 0. The molecule has 0 heterocycles.